The summed E-state index contributed by atoms with van der Waals surface area (Å²) in [7, 11) is -7.16. The molecule has 0 saturated carbocycles. The summed E-state index contributed by atoms with van der Waals surface area (Å²) in [5, 5.41) is 3.31. The summed E-state index contributed by atoms with van der Waals surface area (Å²) in [5.41, 5.74) is 1.56. The molecule has 1 aliphatic heterocycles. The van der Waals surface area contributed by atoms with E-state index < -0.39 is 20.0 Å². The molecule has 13 heteroatoms. The molecule has 1 amide bonds. The van der Waals surface area contributed by atoms with Gasteiger partial charge in [-0.15, -0.1) is 0 Å². The first-order valence-corrected chi connectivity index (χ1v) is 16.1. The van der Waals surface area contributed by atoms with Gasteiger partial charge in [0.05, 0.1) is 43.1 Å². The fourth-order valence-electron chi connectivity index (χ4n) is 4.01. The maximum Gasteiger partial charge on any atom is 0.251 e. The van der Waals surface area contributed by atoms with Crippen molar-refractivity contribution >= 4 is 43.2 Å². The number of carbonyl (C=O) groups is 1. The van der Waals surface area contributed by atoms with Crippen LogP contribution in [0.4, 0.5) is 5.69 Å². The molecule has 4 rings (SSSR count). The van der Waals surface area contributed by atoms with Gasteiger partial charge in [-0.05, 0) is 66.2 Å². The SMILES string of the molecule is CS(=O)(=O)N(Cc1ccc(Cl)cc1)c1ccc(C(=O)NCCOc2ccc(S(=O)(=O)N3CCOCC3)cc2)cc1. The Hall–Kier alpha value is -3.16. The largest absolute Gasteiger partial charge is 0.492 e. The highest BCUT2D eigenvalue weighted by Crippen LogP contribution is 2.23. The van der Waals surface area contributed by atoms with Gasteiger partial charge in [0.2, 0.25) is 20.0 Å². The molecule has 3 aromatic carbocycles. The molecule has 1 aliphatic rings. The van der Waals surface area contributed by atoms with Crippen LogP contribution in [0.15, 0.2) is 77.7 Å². The average Bonchev–Trinajstić information content (AvgIpc) is 2.95. The van der Waals surface area contributed by atoms with Crippen LogP contribution < -0.4 is 14.4 Å². The summed E-state index contributed by atoms with van der Waals surface area (Å²) in [4.78, 5) is 12.8. The molecule has 10 nitrogen and oxygen atoms in total. The van der Waals surface area contributed by atoms with Gasteiger partial charge in [-0.1, -0.05) is 23.7 Å². The Morgan fingerprint density at radius 2 is 1.57 bits per heavy atom. The van der Waals surface area contributed by atoms with Gasteiger partial charge in [0, 0.05) is 23.7 Å². The zero-order chi connectivity index (χ0) is 28.8. The number of amides is 1. The number of benzene rings is 3. The normalized spacial score (nSPS) is 14.4. The lowest BCUT2D eigenvalue weighted by Gasteiger charge is -2.26. The molecule has 1 heterocycles. The Kier molecular flexibility index (Phi) is 9.69. The first-order valence-electron chi connectivity index (χ1n) is 12.5. The monoisotopic (exact) mass is 607 g/mol. The van der Waals surface area contributed by atoms with E-state index in [9.17, 15) is 21.6 Å². The third-order valence-electron chi connectivity index (χ3n) is 6.15. The second-order valence-corrected chi connectivity index (χ2v) is 13.3. The number of halogens is 1. The van der Waals surface area contributed by atoms with Gasteiger partial charge in [0.15, 0.2) is 0 Å². The lowest BCUT2D eigenvalue weighted by atomic mass is 10.2. The van der Waals surface area contributed by atoms with Gasteiger partial charge < -0.3 is 14.8 Å². The summed E-state index contributed by atoms with van der Waals surface area (Å²) >= 11 is 5.92. The van der Waals surface area contributed by atoms with Crippen molar-refractivity contribution in [2.24, 2.45) is 0 Å². The second-order valence-electron chi connectivity index (χ2n) is 9.04. The van der Waals surface area contributed by atoms with Gasteiger partial charge in [-0.2, -0.15) is 4.31 Å². The van der Waals surface area contributed by atoms with Gasteiger partial charge in [-0.25, -0.2) is 16.8 Å². The van der Waals surface area contributed by atoms with Crippen molar-refractivity contribution in [3.05, 3.63) is 88.9 Å². The van der Waals surface area contributed by atoms with Crippen molar-refractivity contribution in [2.45, 2.75) is 11.4 Å². The molecule has 1 saturated heterocycles. The molecular formula is C27H30ClN3O7S2. The topological polar surface area (TPSA) is 122 Å². The van der Waals surface area contributed by atoms with Crippen molar-refractivity contribution < 1.29 is 31.1 Å². The number of sulfonamides is 2. The third-order valence-corrected chi connectivity index (χ3v) is 9.45. The molecule has 0 spiro atoms. The lowest BCUT2D eigenvalue weighted by molar-refractivity contribution is 0.0730. The van der Waals surface area contributed by atoms with Crippen LogP contribution in [0.3, 0.4) is 0 Å². The van der Waals surface area contributed by atoms with Crippen LogP contribution in [0, 0.1) is 0 Å². The molecule has 0 aromatic heterocycles. The molecular weight excluding hydrogens is 578 g/mol. The number of carbonyl (C=O) groups excluding carboxylic acids is 1. The molecule has 214 valence electrons. The van der Waals surface area contributed by atoms with Crippen molar-refractivity contribution in [2.75, 3.05) is 50.0 Å². The minimum atomic E-state index is -3.58. The molecule has 0 bridgehead atoms. The molecule has 1 fully saturated rings. The first-order chi connectivity index (χ1) is 19.0. The highest BCUT2D eigenvalue weighted by molar-refractivity contribution is 7.92. The predicted octanol–water partition coefficient (Wildman–Crippen LogP) is 3.14. The molecule has 0 unspecified atom stereocenters. The minimum Gasteiger partial charge on any atom is -0.492 e. The van der Waals surface area contributed by atoms with E-state index in [1.165, 1.54) is 20.7 Å². The van der Waals surface area contributed by atoms with Crippen molar-refractivity contribution in [1.29, 1.82) is 0 Å². The minimum absolute atomic E-state index is 0.124. The zero-order valence-corrected chi connectivity index (χ0v) is 24.2. The van der Waals surface area contributed by atoms with Crippen LogP contribution in [0.2, 0.25) is 5.02 Å². The highest BCUT2D eigenvalue weighted by Gasteiger charge is 2.26. The van der Waals surface area contributed by atoms with Crippen LogP contribution in [-0.4, -0.2) is 72.8 Å². The Bertz CT molecular complexity index is 1510. The molecule has 1 N–H and O–H groups in total. The Balaban J connectivity index is 1.28. The van der Waals surface area contributed by atoms with E-state index >= 15 is 0 Å². The van der Waals surface area contributed by atoms with Crippen LogP contribution in [0.5, 0.6) is 5.75 Å². The van der Waals surface area contributed by atoms with E-state index in [4.69, 9.17) is 21.1 Å². The van der Waals surface area contributed by atoms with Crippen molar-refractivity contribution in [1.82, 2.24) is 9.62 Å². The lowest BCUT2D eigenvalue weighted by Crippen LogP contribution is -2.40. The standard InChI is InChI=1S/C27H30ClN3O7S2/c1-39(33,34)31(20-21-2-6-23(28)7-3-21)24-8-4-22(5-9-24)27(32)29-14-17-38-25-10-12-26(13-11-25)40(35,36)30-15-18-37-19-16-30/h2-13H,14-20H2,1H3,(H,29,32). The Morgan fingerprint density at radius 3 is 2.17 bits per heavy atom. The first kappa shape index (κ1) is 29.8. The maximum absolute atomic E-state index is 12.7. The summed E-state index contributed by atoms with van der Waals surface area (Å²) < 4.78 is 63.8. The molecule has 0 radical (unpaired) electrons. The van der Waals surface area contributed by atoms with E-state index in [1.807, 2.05) is 0 Å². The quantitative estimate of drug-likeness (QED) is 0.332. The van der Waals surface area contributed by atoms with Crippen molar-refractivity contribution in [3.63, 3.8) is 0 Å². The van der Waals surface area contributed by atoms with Gasteiger partial charge in [0.1, 0.15) is 12.4 Å². The molecule has 0 atom stereocenters. The Morgan fingerprint density at radius 1 is 0.950 bits per heavy atom. The van der Waals surface area contributed by atoms with Crippen LogP contribution in [0.1, 0.15) is 15.9 Å². The van der Waals surface area contributed by atoms with Crippen LogP contribution in [0.25, 0.3) is 0 Å². The molecule has 3 aromatic rings. The Labute approximate surface area is 239 Å². The summed E-state index contributed by atoms with van der Waals surface area (Å²) in [6, 6.07) is 19.3. The number of ether oxygens (including phenoxy) is 2. The van der Waals surface area contributed by atoms with Crippen LogP contribution >= 0.6 is 11.6 Å². The fraction of sp³-hybridized carbons (Fsp3) is 0.296. The summed E-state index contributed by atoms with van der Waals surface area (Å²) in [6.07, 6.45) is 1.13. The number of morpholine rings is 1. The van der Waals surface area contributed by atoms with Gasteiger partial charge in [0.25, 0.3) is 5.91 Å². The number of nitrogens with zero attached hydrogens (tertiary/aromatic N) is 2. The number of anilines is 1. The number of rotatable bonds is 11. The number of hydrogen-bond acceptors (Lipinski definition) is 7. The summed E-state index contributed by atoms with van der Waals surface area (Å²) in [6.45, 7) is 1.89. The van der Waals surface area contributed by atoms with Gasteiger partial charge in [-0.3, -0.25) is 9.10 Å². The highest BCUT2D eigenvalue weighted by atomic mass is 35.5. The van der Waals surface area contributed by atoms with E-state index in [-0.39, 0.29) is 30.5 Å². The second kappa shape index (κ2) is 13.0. The molecule has 0 aliphatic carbocycles. The number of hydrogen-bond donors (Lipinski definition) is 1. The third kappa shape index (κ3) is 7.73. The molecule has 40 heavy (non-hydrogen) atoms. The van der Waals surface area contributed by atoms with E-state index in [1.54, 1.807) is 60.7 Å². The fourth-order valence-corrected chi connectivity index (χ4v) is 6.44. The zero-order valence-electron chi connectivity index (χ0n) is 21.8. The smallest absolute Gasteiger partial charge is 0.251 e. The predicted molar refractivity (Wildman–Crippen MR) is 153 cm³/mol. The van der Waals surface area contributed by atoms with Crippen LogP contribution in [-0.2, 0) is 31.3 Å². The van der Waals surface area contributed by atoms with Gasteiger partial charge >= 0.3 is 0 Å². The van der Waals surface area contributed by atoms with E-state index in [0.717, 1.165) is 11.8 Å². The van der Waals surface area contributed by atoms with E-state index in [0.29, 0.717) is 48.3 Å². The summed E-state index contributed by atoms with van der Waals surface area (Å²) in [5.74, 6) is 0.131. The average molecular weight is 608 g/mol. The van der Waals surface area contributed by atoms with Crippen molar-refractivity contribution in [3.8, 4) is 5.75 Å². The van der Waals surface area contributed by atoms with E-state index in [2.05, 4.69) is 5.32 Å². The number of nitrogens with one attached hydrogen (secondary N) is 1. The maximum atomic E-state index is 12.7.